The number of imidazole rings is 1. The predicted molar refractivity (Wildman–Crippen MR) is 103 cm³/mol. The highest BCUT2D eigenvalue weighted by Gasteiger charge is 2.24. The predicted octanol–water partition coefficient (Wildman–Crippen LogP) is 3.82. The quantitative estimate of drug-likeness (QED) is 0.758. The third-order valence-corrected chi connectivity index (χ3v) is 5.49. The maximum absolute atomic E-state index is 10.2. The van der Waals surface area contributed by atoms with Crippen LogP contribution < -0.4 is 0 Å². The van der Waals surface area contributed by atoms with Crippen LogP contribution >= 0.6 is 11.6 Å². The Morgan fingerprint density at radius 1 is 1.31 bits per heavy atom. The fourth-order valence-corrected chi connectivity index (χ4v) is 3.94. The molecule has 1 aromatic carbocycles. The molecule has 0 amide bonds. The zero-order valence-electron chi connectivity index (χ0n) is 15.0. The molecule has 136 valence electrons. The van der Waals surface area contributed by atoms with Gasteiger partial charge >= 0.3 is 0 Å². The van der Waals surface area contributed by atoms with Crippen LogP contribution in [0.15, 0.2) is 24.5 Å². The minimum Gasteiger partial charge on any atom is -0.507 e. The van der Waals surface area contributed by atoms with E-state index >= 15 is 0 Å². The minimum atomic E-state index is 0.0968. The molecule has 1 N–H and O–H groups in total. The van der Waals surface area contributed by atoms with E-state index in [1.54, 1.807) is 12.1 Å². The van der Waals surface area contributed by atoms with Crippen molar-refractivity contribution in [2.45, 2.75) is 32.7 Å². The van der Waals surface area contributed by atoms with Crippen LogP contribution in [0.3, 0.4) is 0 Å². The number of rotatable bonds is 3. The largest absolute Gasteiger partial charge is 0.507 e. The fraction of sp³-hybridized carbons (Fsp3) is 0.421. The zero-order chi connectivity index (χ0) is 18.3. The molecular formula is C19H22ClN5O. The molecule has 3 heterocycles. The van der Waals surface area contributed by atoms with Crippen molar-refractivity contribution in [2.24, 2.45) is 0 Å². The third kappa shape index (κ3) is 2.93. The molecule has 1 aliphatic rings. The van der Waals surface area contributed by atoms with Gasteiger partial charge in [-0.15, -0.1) is 10.2 Å². The van der Waals surface area contributed by atoms with Crippen LogP contribution in [0.5, 0.6) is 5.75 Å². The van der Waals surface area contributed by atoms with Crippen LogP contribution in [-0.2, 0) is 0 Å². The number of aromatic hydroxyl groups is 1. The van der Waals surface area contributed by atoms with Crippen molar-refractivity contribution in [1.82, 2.24) is 24.6 Å². The summed E-state index contributed by atoms with van der Waals surface area (Å²) in [5.74, 6) is 0.0968. The third-order valence-electron chi connectivity index (χ3n) is 5.26. The molecule has 7 heteroatoms. The Balaban J connectivity index is 1.76. The van der Waals surface area contributed by atoms with Crippen LogP contribution in [-0.4, -0.2) is 49.4 Å². The van der Waals surface area contributed by atoms with E-state index in [2.05, 4.69) is 31.6 Å². The number of nitrogens with zero attached hydrogens (tertiary/aromatic N) is 5. The number of likely N-dealkylation sites (N-methyl/N-ethyl adjacent to an activating group) is 1. The molecule has 1 aliphatic heterocycles. The Kier molecular flexibility index (Phi) is 4.54. The maximum atomic E-state index is 10.2. The number of aryl methyl sites for hydroxylation is 1. The number of hydrogen-bond acceptors (Lipinski definition) is 5. The molecule has 1 atom stereocenters. The van der Waals surface area contributed by atoms with E-state index in [4.69, 9.17) is 11.6 Å². The van der Waals surface area contributed by atoms with Crippen molar-refractivity contribution < 1.29 is 5.11 Å². The van der Waals surface area contributed by atoms with Gasteiger partial charge in [0, 0.05) is 28.7 Å². The first-order valence-corrected chi connectivity index (χ1v) is 9.37. The Morgan fingerprint density at radius 2 is 2.15 bits per heavy atom. The average molecular weight is 372 g/mol. The number of phenols is 1. The first-order chi connectivity index (χ1) is 12.6. The molecule has 0 spiro atoms. The SMILES string of the molecule is CCN1CCC[C@@H](n2cnc3c(C)c(-c4ccc(Cl)cc4O)nnc32)C1. The van der Waals surface area contributed by atoms with E-state index in [9.17, 15) is 5.11 Å². The van der Waals surface area contributed by atoms with Gasteiger partial charge in [0.2, 0.25) is 0 Å². The highest BCUT2D eigenvalue weighted by Crippen LogP contribution is 2.34. The number of aromatic nitrogens is 4. The lowest BCUT2D eigenvalue weighted by molar-refractivity contribution is 0.187. The number of halogens is 1. The minimum absolute atomic E-state index is 0.0968. The summed E-state index contributed by atoms with van der Waals surface area (Å²) in [5, 5.41) is 19.6. The van der Waals surface area contributed by atoms with Gasteiger partial charge < -0.3 is 14.6 Å². The average Bonchev–Trinajstić information content (AvgIpc) is 3.08. The van der Waals surface area contributed by atoms with Gasteiger partial charge in [-0.05, 0) is 51.1 Å². The van der Waals surface area contributed by atoms with Gasteiger partial charge in [0.1, 0.15) is 17.0 Å². The van der Waals surface area contributed by atoms with Crippen LogP contribution in [0.4, 0.5) is 0 Å². The van der Waals surface area contributed by atoms with Gasteiger partial charge in [0.05, 0.1) is 6.33 Å². The topological polar surface area (TPSA) is 67.1 Å². The second kappa shape index (κ2) is 6.85. The molecule has 0 bridgehead atoms. The highest BCUT2D eigenvalue weighted by atomic mass is 35.5. The number of phenolic OH excluding ortho intramolecular Hbond substituents is 1. The standard InChI is InChI=1S/C19H22ClN5O/c1-3-24-8-4-5-14(10-24)25-11-21-18-12(2)17(22-23-19(18)25)15-7-6-13(20)9-16(15)26/h6-7,9,11,14,26H,3-5,8,10H2,1-2H3/t14-/m1/s1. The second-order valence-corrected chi connectivity index (χ2v) is 7.28. The van der Waals surface area contributed by atoms with Crippen LogP contribution in [0, 0.1) is 6.92 Å². The Labute approximate surface area is 157 Å². The molecule has 2 aromatic heterocycles. The fourth-order valence-electron chi connectivity index (χ4n) is 3.78. The number of fused-ring (bicyclic) bond motifs is 1. The summed E-state index contributed by atoms with van der Waals surface area (Å²) in [5.41, 5.74) is 3.80. The summed E-state index contributed by atoms with van der Waals surface area (Å²) in [6.45, 7) is 7.40. The molecule has 6 nitrogen and oxygen atoms in total. The van der Waals surface area contributed by atoms with Gasteiger partial charge in [0.15, 0.2) is 5.65 Å². The van der Waals surface area contributed by atoms with Gasteiger partial charge in [-0.2, -0.15) is 0 Å². The molecule has 0 aliphatic carbocycles. The molecule has 1 saturated heterocycles. The number of hydrogen-bond donors (Lipinski definition) is 1. The lowest BCUT2D eigenvalue weighted by Crippen LogP contribution is -2.36. The first kappa shape index (κ1) is 17.2. The molecule has 1 fully saturated rings. The van der Waals surface area contributed by atoms with Gasteiger partial charge in [-0.3, -0.25) is 0 Å². The summed E-state index contributed by atoms with van der Waals surface area (Å²) >= 11 is 5.94. The second-order valence-electron chi connectivity index (χ2n) is 6.85. The Morgan fingerprint density at radius 3 is 2.92 bits per heavy atom. The van der Waals surface area contributed by atoms with Gasteiger partial charge in [-0.1, -0.05) is 18.5 Å². The van der Waals surface area contributed by atoms with Crippen molar-refractivity contribution in [3.8, 4) is 17.0 Å². The van der Waals surface area contributed by atoms with Crippen molar-refractivity contribution in [1.29, 1.82) is 0 Å². The normalized spacial score (nSPS) is 18.5. The summed E-state index contributed by atoms with van der Waals surface area (Å²) in [6, 6.07) is 5.39. The van der Waals surface area contributed by atoms with Crippen molar-refractivity contribution in [3.05, 3.63) is 35.1 Å². The Bertz CT molecular complexity index is 954. The van der Waals surface area contributed by atoms with Crippen molar-refractivity contribution >= 4 is 22.8 Å². The van der Waals surface area contributed by atoms with E-state index in [0.717, 1.165) is 42.8 Å². The van der Waals surface area contributed by atoms with E-state index in [1.165, 1.54) is 12.5 Å². The number of likely N-dealkylation sites (tertiary alicyclic amines) is 1. The number of benzene rings is 1. The Hall–Kier alpha value is -2.18. The summed E-state index contributed by atoms with van der Waals surface area (Å²) in [6.07, 6.45) is 4.19. The summed E-state index contributed by atoms with van der Waals surface area (Å²) in [7, 11) is 0. The molecule has 4 rings (SSSR count). The molecule has 0 unspecified atom stereocenters. The van der Waals surface area contributed by atoms with Crippen molar-refractivity contribution in [2.75, 3.05) is 19.6 Å². The molecule has 0 saturated carbocycles. The molecule has 0 radical (unpaired) electrons. The van der Waals surface area contributed by atoms with E-state index < -0.39 is 0 Å². The highest BCUT2D eigenvalue weighted by molar-refractivity contribution is 6.30. The molecule has 3 aromatic rings. The molecular weight excluding hydrogens is 350 g/mol. The monoisotopic (exact) mass is 371 g/mol. The smallest absolute Gasteiger partial charge is 0.183 e. The van der Waals surface area contributed by atoms with Gasteiger partial charge in [-0.25, -0.2) is 4.98 Å². The van der Waals surface area contributed by atoms with E-state index in [-0.39, 0.29) is 5.75 Å². The van der Waals surface area contributed by atoms with Crippen LogP contribution in [0.25, 0.3) is 22.4 Å². The van der Waals surface area contributed by atoms with Crippen molar-refractivity contribution in [3.63, 3.8) is 0 Å². The summed E-state index contributed by atoms with van der Waals surface area (Å²) < 4.78 is 2.16. The lowest BCUT2D eigenvalue weighted by Gasteiger charge is -2.32. The number of piperidine rings is 1. The zero-order valence-corrected chi connectivity index (χ0v) is 15.7. The summed E-state index contributed by atoms with van der Waals surface area (Å²) in [4.78, 5) is 7.07. The van der Waals surface area contributed by atoms with Gasteiger partial charge in [0.25, 0.3) is 0 Å². The van der Waals surface area contributed by atoms with Crippen LogP contribution in [0.2, 0.25) is 5.02 Å². The maximum Gasteiger partial charge on any atom is 0.183 e. The van der Waals surface area contributed by atoms with E-state index in [1.807, 2.05) is 13.3 Å². The first-order valence-electron chi connectivity index (χ1n) is 8.99. The van der Waals surface area contributed by atoms with Crippen LogP contribution in [0.1, 0.15) is 31.4 Å². The van der Waals surface area contributed by atoms with E-state index in [0.29, 0.717) is 22.3 Å². The molecule has 26 heavy (non-hydrogen) atoms. The lowest BCUT2D eigenvalue weighted by atomic mass is 10.0.